The zero-order valence-electron chi connectivity index (χ0n) is 21.2. The van der Waals surface area contributed by atoms with E-state index >= 15 is 0 Å². The number of thiophene rings is 1. The second-order valence-corrected chi connectivity index (χ2v) is 10.8. The Morgan fingerprint density at radius 2 is 1.59 bits per heavy atom. The molecule has 4 N–H and O–H groups in total. The summed E-state index contributed by atoms with van der Waals surface area (Å²) in [5.41, 5.74) is 4.06. The number of nitrogens with one attached hydrogen (secondary N) is 4. The van der Waals surface area contributed by atoms with Crippen LogP contribution in [0.1, 0.15) is 52.4 Å². The van der Waals surface area contributed by atoms with E-state index in [0.717, 1.165) is 32.5 Å². The van der Waals surface area contributed by atoms with E-state index < -0.39 is 0 Å². The van der Waals surface area contributed by atoms with E-state index in [0.29, 0.717) is 50.7 Å². The second kappa shape index (κ2) is 10.9. The van der Waals surface area contributed by atoms with Crippen LogP contribution in [0.25, 0.3) is 0 Å². The van der Waals surface area contributed by atoms with Gasteiger partial charge in [0.2, 0.25) is 5.95 Å². The quantitative estimate of drug-likeness (QED) is 0.207. The van der Waals surface area contributed by atoms with Gasteiger partial charge >= 0.3 is 0 Å². The molecule has 1 aliphatic carbocycles. The first-order valence-corrected chi connectivity index (χ1v) is 13.9. The van der Waals surface area contributed by atoms with Gasteiger partial charge in [0.25, 0.3) is 0 Å². The molecule has 0 amide bonds. The molecular weight excluding hydrogens is 518 g/mol. The van der Waals surface area contributed by atoms with Gasteiger partial charge in [-0.15, -0.1) is 11.3 Å². The van der Waals surface area contributed by atoms with Crippen LogP contribution in [0.2, 0.25) is 0 Å². The summed E-state index contributed by atoms with van der Waals surface area (Å²) in [6.45, 7) is 3.05. The summed E-state index contributed by atoms with van der Waals surface area (Å²) < 4.78 is 23.0. The van der Waals surface area contributed by atoms with Gasteiger partial charge in [-0.25, -0.2) is 4.98 Å². The standard InChI is InChI=1S/C27H29N7O4S/c1-2-16(1)21-14-23(34-33-21)31-22-7-8-28-27(32-22)30-18-5-3-17(4-6-18)29-15-19-13-20(25-35-9-10-36-25)24(39-19)26-37-11-12-38-26/h3-8,13-14,16,25-26,29H,1-2,9-12,15H2,(H3,28,30,31,32,33,34). The maximum absolute atomic E-state index is 5.76. The Kier molecular flexibility index (Phi) is 6.85. The van der Waals surface area contributed by atoms with Gasteiger partial charge in [0.15, 0.2) is 18.4 Å². The Labute approximate surface area is 229 Å². The lowest BCUT2D eigenvalue weighted by atomic mass is 10.2. The summed E-state index contributed by atoms with van der Waals surface area (Å²) in [7, 11) is 0. The SMILES string of the molecule is c1cc(Nc2cc(C3CC3)[nH]n2)nc(Nc2ccc(NCc3cc(C4OCCO4)c(C4OCCO4)s3)cc2)n1. The second-order valence-electron chi connectivity index (χ2n) is 9.61. The molecule has 202 valence electrons. The lowest BCUT2D eigenvalue weighted by molar-refractivity contribution is -0.0613. The number of nitrogens with zero attached hydrogens (tertiary/aromatic N) is 3. The third-order valence-electron chi connectivity index (χ3n) is 6.69. The first-order valence-electron chi connectivity index (χ1n) is 13.1. The molecule has 0 unspecified atom stereocenters. The molecule has 1 saturated carbocycles. The smallest absolute Gasteiger partial charge is 0.229 e. The van der Waals surface area contributed by atoms with Crippen LogP contribution in [-0.4, -0.2) is 46.6 Å². The van der Waals surface area contributed by atoms with Crippen molar-refractivity contribution in [1.82, 2.24) is 20.2 Å². The molecule has 5 heterocycles. The van der Waals surface area contributed by atoms with Crippen molar-refractivity contribution in [2.75, 3.05) is 42.4 Å². The number of H-pyrrole nitrogens is 1. The molecule has 12 heteroatoms. The molecule has 3 aliphatic rings. The summed E-state index contributed by atoms with van der Waals surface area (Å²) in [6.07, 6.45) is 3.45. The lowest BCUT2D eigenvalue weighted by Crippen LogP contribution is -2.04. The lowest BCUT2D eigenvalue weighted by Gasteiger charge is -2.13. The fourth-order valence-corrected chi connectivity index (χ4v) is 5.71. The normalized spacial score (nSPS) is 18.1. The highest BCUT2D eigenvalue weighted by Gasteiger charge is 2.30. The summed E-state index contributed by atoms with van der Waals surface area (Å²) in [4.78, 5) is 11.1. The highest BCUT2D eigenvalue weighted by molar-refractivity contribution is 7.12. The molecule has 3 fully saturated rings. The van der Waals surface area contributed by atoms with E-state index in [9.17, 15) is 0 Å². The molecule has 4 aromatic rings. The van der Waals surface area contributed by atoms with Crippen LogP contribution < -0.4 is 16.0 Å². The average molecular weight is 548 g/mol. The largest absolute Gasteiger partial charge is 0.380 e. The van der Waals surface area contributed by atoms with E-state index in [4.69, 9.17) is 18.9 Å². The predicted octanol–water partition coefficient (Wildman–Crippen LogP) is 5.33. The van der Waals surface area contributed by atoms with E-state index in [1.54, 1.807) is 17.5 Å². The van der Waals surface area contributed by atoms with E-state index in [1.807, 2.05) is 36.4 Å². The molecule has 11 nitrogen and oxygen atoms in total. The Bertz CT molecular complexity index is 1380. The maximum Gasteiger partial charge on any atom is 0.229 e. The fraction of sp³-hybridized carbons (Fsp3) is 0.370. The van der Waals surface area contributed by atoms with Gasteiger partial charge in [0, 0.05) is 52.2 Å². The average Bonchev–Trinajstić information content (AvgIpc) is 3.45. The molecule has 0 bridgehead atoms. The van der Waals surface area contributed by atoms with Crippen molar-refractivity contribution in [3.05, 3.63) is 69.7 Å². The number of hydrogen-bond donors (Lipinski definition) is 4. The molecule has 0 spiro atoms. The number of aromatic nitrogens is 4. The van der Waals surface area contributed by atoms with Gasteiger partial charge < -0.3 is 34.9 Å². The van der Waals surface area contributed by atoms with Crippen LogP contribution in [-0.2, 0) is 25.5 Å². The topological polar surface area (TPSA) is 127 Å². The van der Waals surface area contributed by atoms with Gasteiger partial charge in [0.05, 0.1) is 31.3 Å². The van der Waals surface area contributed by atoms with E-state index in [2.05, 4.69) is 42.2 Å². The Morgan fingerprint density at radius 3 is 2.36 bits per heavy atom. The van der Waals surface area contributed by atoms with Crippen LogP contribution in [0, 0.1) is 0 Å². The highest BCUT2D eigenvalue weighted by atomic mass is 32.1. The van der Waals surface area contributed by atoms with E-state index in [-0.39, 0.29) is 12.6 Å². The summed E-state index contributed by atoms with van der Waals surface area (Å²) in [5.74, 6) is 2.56. The molecule has 0 radical (unpaired) electrons. The first kappa shape index (κ1) is 24.5. The van der Waals surface area contributed by atoms with Crippen molar-refractivity contribution in [2.24, 2.45) is 0 Å². The van der Waals surface area contributed by atoms with Crippen molar-refractivity contribution in [3.63, 3.8) is 0 Å². The fourth-order valence-electron chi connectivity index (χ4n) is 4.59. The zero-order valence-corrected chi connectivity index (χ0v) is 22.0. The molecule has 7 rings (SSSR count). The monoisotopic (exact) mass is 547 g/mol. The molecular formula is C27H29N7O4S. The third-order valence-corrected chi connectivity index (χ3v) is 7.86. The minimum absolute atomic E-state index is 0.354. The van der Waals surface area contributed by atoms with Crippen LogP contribution in [0.15, 0.2) is 48.7 Å². The molecule has 0 atom stereocenters. The number of anilines is 5. The zero-order chi connectivity index (χ0) is 26.0. The third kappa shape index (κ3) is 5.75. The number of ether oxygens (including phenoxy) is 4. The van der Waals surface area contributed by atoms with Gasteiger partial charge in [-0.2, -0.15) is 10.1 Å². The Morgan fingerprint density at radius 1 is 0.846 bits per heavy atom. The number of rotatable bonds is 10. The van der Waals surface area contributed by atoms with Gasteiger partial charge in [-0.3, -0.25) is 5.10 Å². The van der Waals surface area contributed by atoms with Gasteiger partial charge in [-0.05, 0) is 49.2 Å². The first-order chi connectivity index (χ1) is 19.3. The van der Waals surface area contributed by atoms with E-state index in [1.165, 1.54) is 18.5 Å². The Balaban J connectivity index is 0.969. The highest BCUT2D eigenvalue weighted by Crippen LogP contribution is 2.40. The van der Waals surface area contributed by atoms with Crippen molar-refractivity contribution < 1.29 is 18.9 Å². The van der Waals surface area contributed by atoms with Crippen LogP contribution >= 0.6 is 11.3 Å². The van der Waals surface area contributed by atoms with Crippen LogP contribution in [0.3, 0.4) is 0 Å². The molecule has 1 aromatic carbocycles. The predicted molar refractivity (Wildman–Crippen MR) is 147 cm³/mol. The number of benzene rings is 1. The Hall–Kier alpha value is -3.55. The van der Waals surface area contributed by atoms with Crippen molar-refractivity contribution in [1.29, 1.82) is 0 Å². The van der Waals surface area contributed by atoms with Gasteiger partial charge in [0.1, 0.15) is 5.82 Å². The minimum atomic E-state index is -0.362. The molecule has 39 heavy (non-hydrogen) atoms. The van der Waals surface area contributed by atoms with Crippen molar-refractivity contribution >= 4 is 40.3 Å². The summed E-state index contributed by atoms with van der Waals surface area (Å²) in [5, 5.41) is 17.4. The molecule has 2 saturated heterocycles. The summed E-state index contributed by atoms with van der Waals surface area (Å²) >= 11 is 1.66. The van der Waals surface area contributed by atoms with Crippen LogP contribution in [0.5, 0.6) is 0 Å². The van der Waals surface area contributed by atoms with Crippen molar-refractivity contribution in [3.8, 4) is 0 Å². The minimum Gasteiger partial charge on any atom is -0.380 e. The molecule has 2 aliphatic heterocycles. The van der Waals surface area contributed by atoms with Crippen LogP contribution in [0.4, 0.5) is 29.0 Å². The number of hydrogen-bond acceptors (Lipinski definition) is 11. The number of aromatic amines is 1. The van der Waals surface area contributed by atoms with Gasteiger partial charge in [-0.1, -0.05) is 0 Å². The molecule has 3 aromatic heterocycles. The maximum atomic E-state index is 5.76. The van der Waals surface area contributed by atoms with Crippen molar-refractivity contribution in [2.45, 2.75) is 37.9 Å². The summed E-state index contributed by atoms with van der Waals surface area (Å²) in [6, 6.07) is 14.0.